The third-order valence-corrected chi connectivity index (χ3v) is 4.89. The van der Waals surface area contributed by atoms with E-state index < -0.39 is 18.2 Å². The number of unbranched alkanes of at least 4 members (excludes halogenated alkanes) is 1. The molecule has 4 atom stereocenters. The van der Waals surface area contributed by atoms with Crippen molar-refractivity contribution >= 4 is 11.8 Å². The molecular weight excluding hydrogens is 344 g/mol. The Labute approximate surface area is 160 Å². The molecule has 1 aliphatic rings. The SMILES string of the molecule is O=C(O)CCCC=CCC1C(=O)CC(O)C1C=CC(O)Cc1ccccc1. The number of hydrogen-bond acceptors (Lipinski definition) is 4. The number of rotatable bonds is 10. The summed E-state index contributed by atoms with van der Waals surface area (Å²) >= 11 is 0. The van der Waals surface area contributed by atoms with Gasteiger partial charge >= 0.3 is 5.97 Å². The fraction of sp³-hybridized carbons (Fsp3) is 0.455. The number of carbonyl (C=O) groups excluding carboxylic acids is 1. The summed E-state index contributed by atoms with van der Waals surface area (Å²) in [5.41, 5.74) is 1.03. The lowest BCUT2D eigenvalue weighted by atomic mass is 9.90. The minimum Gasteiger partial charge on any atom is -0.481 e. The summed E-state index contributed by atoms with van der Waals surface area (Å²) in [6.07, 6.45) is 8.36. The van der Waals surface area contributed by atoms with Gasteiger partial charge < -0.3 is 15.3 Å². The largest absolute Gasteiger partial charge is 0.481 e. The first kappa shape index (κ1) is 21.1. The fourth-order valence-corrected chi connectivity index (χ4v) is 3.44. The topological polar surface area (TPSA) is 94.8 Å². The second-order valence-electron chi connectivity index (χ2n) is 7.06. The van der Waals surface area contributed by atoms with Crippen molar-refractivity contribution in [1.82, 2.24) is 0 Å². The molecule has 1 fully saturated rings. The van der Waals surface area contributed by atoms with E-state index in [4.69, 9.17) is 5.11 Å². The number of allylic oxidation sites excluding steroid dienone is 2. The molecule has 0 saturated heterocycles. The number of aliphatic hydroxyl groups is 2. The average Bonchev–Trinajstić information content (AvgIpc) is 2.89. The van der Waals surface area contributed by atoms with Crippen LogP contribution in [0.5, 0.6) is 0 Å². The predicted octanol–water partition coefficient (Wildman–Crippen LogP) is 2.91. The van der Waals surface area contributed by atoms with Gasteiger partial charge in [-0.2, -0.15) is 0 Å². The maximum absolute atomic E-state index is 12.2. The molecule has 27 heavy (non-hydrogen) atoms. The van der Waals surface area contributed by atoms with Crippen LogP contribution in [-0.4, -0.2) is 39.3 Å². The Morgan fingerprint density at radius 2 is 1.96 bits per heavy atom. The van der Waals surface area contributed by atoms with Crippen LogP contribution in [0.15, 0.2) is 54.6 Å². The summed E-state index contributed by atoms with van der Waals surface area (Å²) in [5, 5.41) is 29.0. The molecule has 0 aromatic heterocycles. The van der Waals surface area contributed by atoms with E-state index >= 15 is 0 Å². The molecule has 5 nitrogen and oxygen atoms in total. The molecule has 1 aromatic carbocycles. The fourth-order valence-electron chi connectivity index (χ4n) is 3.44. The molecule has 0 bridgehead atoms. The van der Waals surface area contributed by atoms with Crippen molar-refractivity contribution in [2.45, 2.75) is 50.7 Å². The van der Waals surface area contributed by atoms with Crippen molar-refractivity contribution in [2.75, 3.05) is 0 Å². The Balaban J connectivity index is 1.87. The molecule has 0 aliphatic heterocycles. The molecule has 0 amide bonds. The third-order valence-electron chi connectivity index (χ3n) is 4.89. The van der Waals surface area contributed by atoms with E-state index in [0.717, 1.165) is 5.56 Å². The summed E-state index contributed by atoms with van der Waals surface area (Å²) < 4.78 is 0. The smallest absolute Gasteiger partial charge is 0.303 e. The molecule has 2 rings (SSSR count). The number of carboxylic acids is 1. The summed E-state index contributed by atoms with van der Waals surface area (Å²) in [6.45, 7) is 0. The number of carboxylic acid groups (broad SMARTS) is 1. The van der Waals surface area contributed by atoms with E-state index in [0.29, 0.717) is 25.7 Å². The molecule has 3 N–H and O–H groups in total. The van der Waals surface area contributed by atoms with Gasteiger partial charge in [0.2, 0.25) is 0 Å². The van der Waals surface area contributed by atoms with Crippen molar-refractivity contribution in [2.24, 2.45) is 11.8 Å². The zero-order valence-corrected chi connectivity index (χ0v) is 15.4. The minimum absolute atomic E-state index is 0.0323. The summed E-state index contributed by atoms with van der Waals surface area (Å²) in [5.74, 6) is -1.37. The van der Waals surface area contributed by atoms with Crippen LogP contribution in [0.3, 0.4) is 0 Å². The minimum atomic E-state index is -0.809. The van der Waals surface area contributed by atoms with Crippen LogP contribution in [-0.2, 0) is 16.0 Å². The Morgan fingerprint density at radius 3 is 2.67 bits per heavy atom. The Bertz CT molecular complexity index is 665. The highest BCUT2D eigenvalue weighted by Crippen LogP contribution is 2.33. The Kier molecular flexibility index (Phi) is 8.43. The molecule has 0 spiro atoms. The quantitative estimate of drug-likeness (QED) is 0.434. The highest BCUT2D eigenvalue weighted by Gasteiger charge is 2.39. The number of ketones is 1. The number of hydrogen-bond donors (Lipinski definition) is 3. The normalized spacial score (nSPS) is 24.1. The first-order valence-electron chi connectivity index (χ1n) is 9.45. The van der Waals surface area contributed by atoms with Crippen LogP contribution in [0, 0.1) is 11.8 Å². The lowest BCUT2D eigenvalue weighted by molar-refractivity contribution is -0.137. The van der Waals surface area contributed by atoms with Gasteiger partial charge in [-0.25, -0.2) is 0 Å². The predicted molar refractivity (Wildman–Crippen MR) is 103 cm³/mol. The van der Waals surface area contributed by atoms with Gasteiger partial charge in [0, 0.05) is 31.1 Å². The molecular formula is C22H28O5. The second kappa shape index (κ2) is 10.8. The van der Waals surface area contributed by atoms with Crippen molar-refractivity contribution in [3.8, 4) is 0 Å². The van der Waals surface area contributed by atoms with Crippen LogP contribution in [0.25, 0.3) is 0 Å². The van der Waals surface area contributed by atoms with Crippen LogP contribution in [0.1, 0.15) is 37.7 Å². The maximum Gasteiger partial charge on any atom is 0.303 e. The van der Waals surface area contributed by atoms with E-state index in [9.17, 15) is 19.8 Å². The van der Waals surface area contributed by atoms with Gasteiger partial charge in [-0.15, -0.1) is 0 Å². The number of Topliss-reactive ketones (excluding diaryl/α,β-unsaturated/α-hetero) is 1. The van der Waals surface area contributed by atoms with Crippen molar-refractivity contribution in [1.29, 1.82) is 0 Å². The average molecular weight is 372 g/mol. The van der Waals surface area contributed by atoms with Gasteiger partial charge in [0.1, 0.15) is 5.78 Å². The Morgan fingerprint density at radius 1 is 1.22 bits per heavy atom. The van der Waals surface area contributed by atoms with E-state index in [1.165, 1.54) is 0 Å². The lowest BCUT2D eigenvalue weighted by Crippen LogP contribution is -2.19. The van der Waals surface area contributed by atoms with Crippen molar-refractivity contribution < 1.29 is 24.9 Å². The number of aliphatic hydroxyl groups excluding tert-OH is 2. The zero-order valence-electron chi connectivity index (χ0n) is 15.4. The molecule has 1 aliphatic carbocycles. The molecule has 0 radical (unpaired) electrons. The van der Waals surface area contributed by atoms with Gasteiger partial charge in [0.05, 0.1) is 12.2 Å². The summed E-state index contributed by atoms with van der Waals surface area (Å²) in [4.78, 5) is 22.7. The molecule has 146 valence electrons. The standard InChI is InChI=1S/C22H28O5/c23-17(14-16-8-4-3-5-9-16)12-13-19-18(20(24)15-21(19)25)10-6-1-2-7-11-22(26)27/h1,3-6,8-9,12-13,17-19,21,23,25H,2,7,10-11,14-15H2,(H,26,27). The first-order chi connectivity index (χ1) is 13.0. The van der Waals surface area contributed by atoms with Gasteiger partial charge in [-0.05, 0) is 24.8 Å². The molecule has 5 heteroatoms. The van der Waals surface area contributed by atoms with E-state index in [1.54, 1.807) is 12.2 Å². The van der Waals surface area contributed by atoms with Crippen LogP contribution in [0.4, 0.5) is 0 Å². The van der Waals surface area contributed by atoms with Gasteiger partial charge in [-0.3, -0.25) is 9.59 Å². The molecule has 4 unspecified atom stereocenters. The van der Waals surface area contributed by atoms with E-state index in [2.05, 4.69) is 0 Å². The maximum atomic E-state index is 12.2. The summed E-state index contributed by atoms with van der Waals surface area (Å²) in [7, 11) is 0. The van der Waals surface area contributed by atoms with E-state index in [1.807, 2.05) is 42.5 Å². The zero-order chi connectivity index (χ0) is 19.6. The highest BCUT2D eigenvalue weighted by molar-refractivity contribution is 5.84. The number of benzene rings is 1. The molecule has 1 saturated carbocycles. The van der Waals surface area contributed by atoms with E-state index in [-0.39, 0.29) is 30.5 Å². The summed E-state index contributed by atoms with van der Waals surface area (Å²) in [6, 6.07) is 9.66. The van der Waals surface area contributed by atoms with Gasteiger partial charge in [-0.1, -0.05) is 54.6 Å². The Hall–Kier alpha value is -2.24. The van der Waals surface area contributed by atoms with Crippen molar-refractivity contribution in [3.63, 3.8) is 0 Å². The molecule has 1 aromatic rings. The van der Waals surface area contributed by atoms with Crippen LogP contribution in [0.2, 0.25) is 0 Å². The number of aliphatic carboxylic acids is 1. The lowest BCUT2D eigenvalue weighted by Gasteiger charge is -2.16. The monoisotopic (exact) mass is 372 g/mol. The molecule has 0 heterocycles. The van der Waals surface area contributed by atoms with Crippen LogP contribution >= 0.6 is 0 Å². The third kappa shape index (κ3) is 7.12. The second-order valence-corrected chi connectivity index (χ2v) is 7.06. The highest BCUT2D eigenvalue weighted by atomic mass is 16.4. The van der Waals surface area contributed by atoms with Crippen LogP contribution < -0.4 is 0 Å². The van der Waals surface area contributed by atoms with Gasteiger partial charge in [0.15, 0.2) is 0 Å². The number of carbonyl (C=O) groups is 2. The van der Waals surface area contributed by atoms with Crippen molar-refractivity contribution in [3.05, 3.63) is 60.2 Å². The van der Waals surface area contributed by atoms with Gasteiger partial charge in [0.25, 0.3) is 0 Å². The first-order valence-corrected chi connectivity index (χ1v) is 9.45.